The second kappa shape index (κ2) is 9.31. The minimum absolute atomic E-state index is 0.0180. The maximum Gasteiger partial charge on any atom is 0.351 e. The van der Waals surface area contributed by atoms with Gasteiger partial charge in [0.25, 0.3) is 0 Å². The molecule has 0 saturated carbocycles. The smallest absolute Gasteiger partial charge is 0.351 e. The Morgan fingerprint density at radius 1 is 1.20 bits per heavy atom. The lowest BCUT2D eigenvalue weighted by molar-refractivity contribution is -0.131. The van der Waals surface area contributed by atoms with Crippen molar-refractivity contribution in [2.24, 2.45) is 0 Å². The van der Waals surface area contributed by atoms with E-state index in [4.69, 9.17) is 14.2 Å². The van der Waals surface area contributed by atoms with E-state index < -0.39 is 30.0 Å². The number of carbonyl (C=O) groups is 3. The molecule has 3 rings (SSSR count). The summed E-state index contributed by atoms with van der Waals surface area (Å²) in [5.41, 5.74) is -0.421. The van der Waals surface area contributed by atoms with Crippen LogP contribution in [0.3, 0.4) is 0 Å². The quantitative estimate of drug-likeness (QED) is 0.558. The summed E-state index contributed by atoms with van der Waals surface area (Å²) in [6.07, 6.45) is 1.65. The standard InChI is InChI=1S/C20H21N3O7/c1-12(24)21-17-9-10-23(20(27)22-17)18-8-7-14(30-18)11-28-19(26)15-5-3-4-6-16(15)29-13(2)25/h3-6,9-10,14,18H,7-8,11H2,1-2H3,(H,21,22,24,27)/t14-,18+/m0/s1. The van der Waals surface area contributed by atoms with Crippen molar-refractivity contribution in [2.45, 2.75) is 39.0 Å². The van der Waals surface area contributed by atoms with Gasteiger partial charge in [-0.3, -0.25) is 14.2 Å². The van der Waals surface area contributed by atoms with E-state index >= 15 is 0 Å². The Hall–Kier alpha value is -3.53. The highest BCUT2D eigenvalue weighted by molar-refractivity contribution is 5.93. The highest BCUT2D eigenvalue weighted by Crippen LogP contribution is 2.28. The molecule has 0 aliphatic carbocycles. The van der Waals surface area contributed by atoms with E-state index in [0.717, 1.165) is 0 Å². The Morgan fingerprint density at radius 2 is 1.97 bits per heavy atom. The van der Waals surface area contributed by atoms with Crippen molar-refractivity contribution in [1.82, 2.24) is 9.55 Å². The molecule has 2 heterocycles. The highest BCUT2D eigenvalue weighted by Gasteiger charge is 2.29. The van der Waals surface area contributed by atoms with Crippen molar-refractivity contribution in [3.8, 4) is 5.75 Å². The van der Waals surface area contributed by atoms with Crippen LogP contribution in [0.2, 0.25) is 0 Å². The van der Waals surface area contributed by atoms with E-state index in [-0.39, 0.29) is 29.6 Å². The fourth-order valence-corrected chi connectivity index (χ4v) is 3.02. The second-order valence-corrected chi connectivity index (χ2v) is 6.66. The van der Waals surface area contributed by atoms with Crippen molar-refractivity contribution >= 4 is 23.7 Å². The molecule has 1 aromatic carbocycles. The predicted molar refractivity (Wildman–Crippen MR) is 104 cm³/mol. The zero-order valence-corrected chi connectivity index (χ0v) is 16.5. The molecule has 1 N–H and O–H groups in total. The Balaban J connectivity index is 1.58. The number of aromatic nitrogens is 2. The summed E-state index contributed by atoms with van der Waals surface area (Å²) in [5.74, 6) is -1.22. The van der Waals surface area contributed by atoms with Gasteiger partial charge in [-0.25, -0.2) is 9.59 Å². The molecule has 0 spiro atoms. The number of ether oxygens (including phenoxy) is 3. The molecule has 0 bridgehead atoms. The molecule has 30 heavy (non-hydrogen) atoms. The van der Waals surface area contributed by atoms with Crippen LogP contribution < -0.4 is 15.7 Å². The molecule has 1 aliphatic heterocycles. The molecular formula is C20H21N3O7. The molecule has 2 aromatic rings. The molecule has 1 fully saturated rings. The molecular weight excluding hydrogens is 394 g/mol. The number of rotatable bonds is 6. The number of hydrogen-bond donors (Lipinski definition) is 1. The number of benzene rings is 1. The molecule has 1 aliphatic rings. The largest absolute Gasteiger partial charge is 0.459 e. The lowest BCUT2D eigenvalue weighted by atomic mass is 10.2. The van der Waals surface area contributed by atoms with Crippen LogP contribution in [0.4, 0.5) is 5.82 Å². The van der Waals surface area contributed by atoms with E-state index in [2.05, 4.69) is 10.3 Å². The molecule has 2 atom stereocenters. The van der Waals surface area contributed by atoms with Crippen molar-refractivity contribution in [1.29, 1.82) is 0 Å². The Morgan fingerprint density at radius 3 is 2.67 bits per heavy atom. The lowest BCUT2D eigenvalue weighted by Gasteiger charge is -2.16. The fraction of sp³-hybridized carbons (Fsp3) is 0.350. The van der Waals surface area contributed by atoms with Gasteiger partial charge in [-0.05, 0) is 31.0 Å². The monoisotopic (exact) mass is 415 g/mol. The summed E-state index contributed by atoms with van der Waals surface area (Å²) in [4.78, 5) is 50.6. The summed E-state index contributed by atoms with van der Waals surface area (Å²) in [5, 5.41) is 2.44. The normalized spacial score (nSPS) is 17.9. The summed E-state index contributed by atoms with van der Waals surface area (Å²) in [6.45, 7) is 2.55. The lowest BCUT2D eigenvalue weighted by Crippen LogP contribution is -2.28. The number of para-hydroxylation sites is 1. The average molecular weight is 415 g/mol. The first kappa shape index (κ1) is 21.2. The van der Waals surface area contributed by atoms with Crippen molar-refractivity contribution in [2.75, 3.05) is 11.9 Å². The van der Waals surface area contributed by atoms with E-state index in [1.165, 1.54) is 42.8 Å². The van der Waals surface area contributed by atoms with Crippen LogP contribution in [0.1, 0.15) is 43.3 Å². The van der Waals surface area contributed by atoms with Gasteiger partial charge in [0.05, 0.1) is 6.10 Å². The third-order valence-corrected chi connectivity index (χ3v) is 4.29. The zero-order valence-electron chi connectivity index (χ0n) is 16.5. The van der Waals surface area contributed by atoms with Gasteiger partial charge in [-0.1, -0.05) is 12.1 Å². The first-order valence-corrected chi connectivity index (χ1v) is 9.30. The van der Waals surface area contributed by atoms with Gasteiger partial charge in [-0.2, -0.15) is 4.98 Å². The van der Waals surface area contributed by atoms with Crippen LogP contribution in [0.5, 0.6) is 5.75 Å². The molecule has 158 valence electrons. The number of amides is 1. The van der Waals surface area contributed by atoms with Gasteiger partial charge in [0, 0.05) is 20.0 Å². The third-order valence-electron chi connectivity index (χ3n) is 4.29. The number of hydrogen-bond acceptors (Lipinski definition) is 8. The molecule has 0 radical (unpaired) electrons. The number of nitrogens with one attached hydrogen (secondary N) is 1. The van der Waals surface area contributed by atoms with Gasteiger partial charge in [-0.15, -0.1) is 0 Å². The third kappa shape index (κ3) is 5.29. The average Bonchev–Trinajstić information content (AvgIpc) is 3.14. The highest BCUT2D eigenvalue weighted by atomic mass is 16.6. The summed E-state index contributed by atoms with van der Waals surface area (Å²) < 4.78 is 17.4. The number of nitrogens with zero attached hydrogens (tertiary/aromatic N) is 2. The topological polar surface area (TPSA) is 126 Å². The van der Waals surface area contributed by atoms with Crippen LogP contribution in [-0.4, -0.2) is 40.1 Å². The van der Waals surface area contributed by atoms with E-state index in [9.17, 15) is 19.2 Å². The van der Waals surface area contributed by atoms with Crippen molar-refractivity contribution in [3.63, 3.8) is 0 Å². The maximum atomic E-state index is 12.4. The Kier molecular flexibility index (Phi) is 6.58. The first-order chi connectivity index (χ1) is 14.3. The van der Waals surface area contributed by atoms with Gasteiger partial charge in [0.15, 0.2) is 0 Å². The van der Waals surface area contributed by atoms with Crippen LogP contribution in [0.15, 0.2) is 41.3 Å². The number of anilines is 1. The van der Waals surface area contributed by atoms with E-state index in [1.807, 2.05) is 0 Å². The predicted octanol–water partition coefficient (Wildman–Crippen LogP) is 1.66. The molecule has 1 aromatic heterocycles. The van der Waals surface area contributed by atoms with Crippen LogP contribution in [0, 0.1) is 0 Å². The molecule has 1 amide bonds. The Labute approximate surface area is 171 Å². The van der Waals surface area contributed by atoms with E-state index in [1.54, 1.807) is 12.1 Å². The van der Waals surface area contributed by atoms with Crippen molar-refractivity contribution in [3.05, 3.63) is 52.6 Å². The molecule has 0 unspecified atom stereocenters. The van der Waals surface area contributed by atoms with Crippen molar-refractivity contribution < 1.29 is 28.6 Å². The molecule has 1 saturated heterocycles. The van der Waals surface area contributed by atoms with Gasteiger partial charge in [0.2, 0.25) is 5.91 Å². The number of esters is 2. The van der Waals surface area contributed by atoms with Gasteiger partial charge < -0.3 is 19.5 Å². The van der Waals surface area contributed by atoms with Gasteiger partial charge in [0.1, 0.15) is 30.0 Å². The minimum atomic E-state index is -0.641. The first-order valence-electron chi connectivity index (χ1n) is 9.30. The van der Waals surface area contributed by atoms with Crippen LogP contribution >= 0.6 is 0 Å². The SMILES string of the molecule is CC(=O)Nc1ccn([C@H]2CC[C@@H](COC(=O)c3ccccc3OC(C)=O)O2)c(=O)n1. The second-order valence-electron chi connectivity index (χ2n) is 6.66. The summed E-state index contributed by atoms with van der Waals surface area (Å²) in [7, 11) is 0. The maximum absolute atomic E-state index is 12.4. The minimum Gasteiger partial charge on any atom is -0.459 e. The van der Waals surface area contributed by atoms with Crippen LogP contribution in [0.25, 0.3) is 0 Å². The fourth-order valence-electron chi connectivity index (χ4n) is 3.02. The zero-order chi connectivity index (χ0) is 21.7. The molecule has 10 heteroatoms. The number of carbonyl (C=O) groups excluding carboxylic acids is 3. The Bertz CT molecular complexity index is 1020. The van der Waals surface area contributed by atoms with Gasteiger partial charge >= 0.3 is 17.6 Å². The van der Waals surface area contributed by atoms with Crippen LogP contribution in [-0.2, 0) is 19.1 Å². The van der Waals surface area contributed by atoms with E-state index in [0.29, 0.717) is 12.8 Å². The molecule has 10 nitrogen and oxygen atoms in total. The summed E-state index contributed by atoms with van der Waals surface area (Å²) in [6, 6.07) is 7.79. The summed E-state index contributed by atoms with van der Waals surface area (Å²) >= 11 is 0.